The summed E-state index contributed by atoms with van der Waals surface area (Å²) in [7, 11) is 2.20. The maximum Gasteiger partial charge on any atom is 0.347 e. The Balaban J connectivity index is 1.57. The monoisotopic (exact) mass is 392 g/mol. The molecule has 7 heteroatoms. The molecular formula is C22H24N4O3+2. The molecule has 3 heterocycles. The van der Waals surface area contributed by atoms with Crippen molar-refractivity contribution in [2.24, 2.45) is 0 Å². The highest BCUT2D eigenvalue weighted by Gasteiger charge is 2.24. The number of fused-ring (bicyclic) bond motifs is 2. The van der Waals surface area contributed by atoms with E-state index < -0.39 is 5.63 Å². The van der Waals surface area contributed by atoms with Crippen molar-refractivity contribution in [1.82, 2.24) is 9.97 Å². The molecule has 0 radical (unpaired) electrons. The number of H-pyrrole nitrogens is 1. The van der Waals surface area contributed by atoms with Gasteiger partial charge in [-0.2, -0.15) is 0 Å². The van der Waals surface area contributed by atoms with Crippen molar-refractivity contribution in [2.45, 2.75) is 6.54 Å². The second-order valence-electron chi connectivity index (χ2n) is 7.92. The van der Waals surface area contributed by atoms with E-state index in [0.29, 0.717) is 29.1 Å². The molecule has 1 fully saturated rings. The molecule has 1 aliphatic heterocycles. The fourth-order valence-corrected chi connectivity index (χ4v) is 4.11. The topological polar surface area (TPSA) is 88.0 Å². The van der Waals surface area contributed by atoms with E-state index in [-0.39, 0.29) is 5.75 Å². The Bertz CT molecular complexity index is 1220. The van der Waals surface area contributed by atoms with Crippen LogP contribution >= 0.6 is 0 Å². The summed E-state index contributed by atoms with van der Waals surface area (Å²) in [6.07, 6.45) is 0. The van der Waals surface area contributed by atoms with Crippen LogP contribution in [-0.4, -0.2) is 48.3 Å². The van der Waals surface area contributed by atoms with E-state index in [1.807, 2.05) is 24.3 Å². The van der Waals surface area contributed by atoms with Crippen molar-refractivity contribution in [3.63, 3.8) is 0 Å². The summed E-state index contributed by atoms with van der Waals surface area (Å²) in [4.78, 5) is 23.4. The van der Waals surface area contributed by atoms with Crippen LogP contribution in [0.4, 0.5) is 0 Å². The molecule has 0 aliphatic carbocycles. The smallest absolute Gasteiger partial charge is 0.347 e. The number of hydrogen-bond donors (Lipinski definition) is 4. The summed E-state index contributed by atoms with van der Waals surface area (Å²) in [6.45, 7) is 4.90. The zero-order valence-corrected chi connectivity index (χ0v) is 16.3. The van der Waals surface area contributed by atoms with Crippen LogP contribution < -0.4 is 15.4 Å². The average molecular weight is 392 g/mol. The molecule has 0 bridgehead atoms. The fraction of sp³-hybridized carbons (Fsp3) is 0.273. The van der Waals surface area contributed by atoms with Crippen molar-refractivity contribution in [1.29, 1.82) is 0 Å². The number of benzene rings is 2. The van der Waals surface area contributed by atoms with E-state index in [1.165, 1.54) is 9.80 Å². The number of nitrogens with zero attached hydrogens (tertiary/aromatic N) is 1. The minimum Gasteiger partial charge on any atom is -0.507 e. The molecule has 0 amide bonds. The molecule has 5 rings (SSSR count). The van der Waals surface area contributed by atoms with Gasteiger partial charge in [-0.25, -0.2) is 9.78 Å². The number of rotatable bonds is 3. The quantitative estimate of drug-likeness (QED) is 0.369. The summed E-state index contributed by atoms with van der Waals surface area (Å²) in [6, 6.07) is 12.9. The summed E-state index contributed by atoms with van der Waals surface area (Å²) in [5.41, 5.74) is 2.77. The third-order valence-electron chi connectivity index (χ3n) is 5.86. The molecule has 2 aromatic carbocycles. The summed E-state index contributed by atoms with van der Waals surface area (Å²) in [5, 5.41) is 11.2. The van der Waals surface area contributed by atoms with Crippen LogP contribution in [0.1, 0.15) is 5.56 Å². The fourth-order valence-electron chi connectivity index (χ4n) is 4.11. The molecule has 0 atom stereocenters. The number of aromatic hydroxyl groups is 1. The normalized spacial score (nSPS) is 19.8. The predicted molar refractivity (Wildman–Crippen MR) is 110 cm³/mol. The van der Waals surface area contributed by atoms with Crippen LogP contribution in [0.2, 0.25) is 0 Å². The highest BCUT2D eigenvalue weighted by Crippen LogP contribution is 2.28. The van der Waals surface area contributed by atoms with Crippen LogP contribution in [0.25, 0.3) is 33.4 Å². The highest BCUT2D eigenvalue weighted by atomic mass is 16.4. The number of likely N-dealkylation sites (N-methyl/N-ethyl adjacent to an activating group) is 1. The minimum atomic E-state index is -0.457. The Morgan fingerprint density at radius 3 is 2.72 bits per heavy atom. The lowest BCUT2D eigenvalue weighted by atomic mass is 10.1. The van der Waals surface area contributed by atoms with Gasteiger partial charge in [0.2, 0.25) is 0 Å². The zero-order chi connectivity index (χ0) is 20.0. The molecular weight excluding hydrogens is 368 g/mol. The first-order valence-electron chi connectivity index (χ1n) is 9.97. The van der Waals surface area contributed by atoms with Crippen LogP contribution in [0.15, 0.2) is 51.7 Å². The largest absolute Gasteiger partial charge is 0.507 e. The lowest BCUT2D eigenvalue weighted by molar-refractivity contribution is -1.01. The highest BCUT2D eigenvalue weighted by molar-refractivity contribution is 5.86. The second kappa shape index (κ2) is 7.02. The van der Waals surface area contributed by atoms with Gasteiger partial charge in [-0.3, -0.25) is 0 Å². The summed E-state index contributed by atoms with van der Waals surface area (Å²) in [5.74, 6) is 0.667. The van der Waals surface area contributed by atoms with Crippen molar-refractivity contribution in [3.8, 4) is 17.1 Å². The standard InChI is InChI=1S/C22H22N4O3/c1-25-8-10-26(11-9-25)13-16-19(27)7-6-14-12-15(22(28)29-20(14)16)21-23-17-4-2-3-5-18(17)24-21/h2-7,12,27H,8-11,13H2,1H3,(H,23,24)/p+2. The molecule has 2 aromatic heterocycles. The third kappa shape index (κ3) is 3.28. The minimum absolute atomic E-state index is 0.177. The average Bonchev–Trinajstić information content (AvgIpc) is 3.15. The Morgan fingerprint density at radius 2 is 1.93 bits per heavy atom. The van der Waals surface area contributed by atoms with Gasteiger partial charge in [-0.05, 0) is 30.3 Å². The summed E-state index contributed by atoms with van der Waals surface area (Å²) >= 11 is 0. The number of phenolic OH excluding ortho intramolecular Hbond substituents is 1. The number of hydrogen-bond acceptors (Lipinski definition) is 4. The van der Waals surface area contributed by atoms with E-state index in [0.717, 1.165) is 42.6 Å². The summed E-state index contributed by atoms with van der Waals surface area (Å²) < 4.78 is 5.72. The van der Waals surface area contributed by atoms with Crippen molar-refractivity contribution >= 4 is 22.0 Å². The maximum absolute atomic E-state index is 12.8. The first-order valence-corrected chi connectivity index (χ1v) is 9.97. The number of aromatic nitrogens is 2. The molecule has 0 saturated carbocycles. The van der Waals surface area contributed by atoms with Gasteiger partial charge in [0.1, 0.15) is 49.9 Å². The number of quaternary nitrogens is 2. The van der Waals surface area contributed by atoms with Gasteiger partial charge in [0.05, 0.1) is 23.6 Å². The number of imidazole rings is 1. The third-order valence-corrected chi connectivity index (χ3v) is 5.86. The predicted octanol–water partition coefficient (Wildman–Crippen LogP) is -0.0449. The van der Waals surface area contributed by atoms with E-state index in [9.17, 15) is 9.90 Å². The van der Waals surface area contributed by atoms with Crippen LogP contribution in [0.3, 0.4) is 0 Å². The molecule has 1 aliphatic rings. The zero-order valence-electron chi connectivity index (χ0n) is 16.3. The van der Waals surface area contributed by atoms with Gasteiger partial charge in [0, 0.05) is 5.39 Å². The Hall–Kier alpha value is -3.16. The Morgan fingerprint density at radius 1 is 1.14 bits per heavy atom. The molecule has 7 nitrogen and oxygen atoms in total. The van der Waals surface area contributed by atoms with Gasteiger partial charge in [0.15, 0.2) is 5.58 Å². The molecule has 1 saturated heterocycles. The van der Waals surface area contributed by atoms with Gasteiger partial charge >= 0.3 is 5.63 Å². The first-order chi connectivity index (χ1) is 14.1. The van der Waals surface area contributed by atoms with E-state index in [1.54, 1.807) is 18.2 Å². The SMILES string of the molecule is C[NH+]1CC[NH+](Cc2c(O)ccc3cc(-c4nc5ccccc5[nH]4)c(=O)oc23)CC1. The van der Waals surface area contributed by atoms with Crippen LogP contribution in [0.5, 0.6) is 5.75 Å². The van der Waals surface area contributed by atoms with Crippen molar-refractivity contribution in [3.05, 3.63) is 58.4 Å². The van der Waals surface area contributed by atoms with E-state index in [2.05, 4.69) is 17.0 Å². The number of para-hydroxylation sites is 2. The van der Waals surface area contributed by atoms with Crippen LogP contribution in [-0.2, 0) is 6.54 Å². The Labute approximate surface area is 167 Å². The van der Waals surface area contributed by atoms with Gasteiger partial charge < -0.3 is 24.3 Å². The van der Waals surface area contributed by atoms with Gasteiger partial charge in [0.25, 0.3) is 0 Å². The first kappa shape index (κ1) is 17.9. The molecule has 0 unspecified atom stereocenters. The molecule has 0 spiro atoms. The number of nitrogens with one attached hydrogen (secondary N) is 3. The maximum atomic E-state index is 12.8. The second-order valence-corrected chi connectivity index (χ2v) is 7.92. The molecule has 148 valence electrons. The number of aromatic amines is 1. The lowest BCUT2D eigenvalue weighted by Gasteiger charge is -2.27. The van der Waals surface area contributed by atoms with Crippen LogP contribution in [0, 0.1) is 0 Å². The van der Waals surface area contributed by atoms with Gasteiger partial charge in [-0.1, -0.05) is 12.1 Å². The Kier molecular flexibility index (Phi) is 4.34. The molecule has 4 aromatic rings. The lowest BCUT2D eigenvalue weighted by Crippen LogP contribution is -3.26. The van der Waals surface area contributed by atoms with Crippen molar-refractivity contribution < 1.29 is 19.3 Å². The van der Waals surface area contributed by atoms with E-state index in [4.69, 9.17) is 4.42 Å². The van der Waals surface area contributed by atoms with Crippen molar-refractivity contribution in [2.75, 3.05) is 33.2 Å². The molecule has 4 N–H and O–H groups in total. The number of piperazine rings is 1. The number of phenols is 1. The van der Waals surface area contributed by atoms with E-state index >= 15 is 0 Å². The molecule has 29 heavy (non-hydrogen) atoms. The van der Waals surface area contributed by atoms with Gasteiger partial charge in [-0.15, -0.1) is 0 Å².